The summed E-state index contributed by atoms with van der Waals surface area (Å²) in [5.74, 6) is -2.46. The fraction of sp³-hybridized carbons (Fsp3) is 0.412. The summed E-state index contributed by atoms with van der Waals surface area (Å²) in [5, 5.41) is 24.3. The van der Waals surface area contributed by atoms with Crippen LogP contribution in [0.2, 0.25) is 0 Å². The second-order valence-corrected chi connectivity index (χ2v) is 5.60. The van der Waals surface area contributed by atoms with Crippen LogP contribution in [0, 0.1) is 0 Å². The summed E-state index contributed by atoms with van der Waals surface area (Å²) in [4.78, 5) is 44.4. The lowest BCUT2D eigenvalue weighted by molar-refractivity contribution is -0.139. The summed E-state index contributed by atoms with van der Waals surface area (Å²) in [5.41, 5.74) is 0.865. The van der Waals surface area contributed by atoms with Crippen molar-refractivity contribution in [3.63, 3.8) is 0 Å². The average Bonchev–Trinajstić information content (AvgIpc) is 2.64. The summed E-state index contributed by atoms with van der Waals surface area (Å²) < 4.78 is 5.04. The minimum Gasteiger partial charge on any atom is -0.480 e. The van der Waals surface area contributed by atoms with Gasteiger partial charge in [0.1, 0.15) is 19.2 Å². The molecule has 0 aliphatic carbocycles. The number of carboxylic acids is 2. The van der Waals surface area contributed by atoms with Crippen LogP contribution in [-0.2, 0) is 20.9 Å². The Balaban J connectivity index is 2.18. The highest BCUT2D eigenvalue weighted by Gasteiger charge is 2.19. The maximum Gasteiger partial charge on any atom is 0.407 e. The number of carbonyl (C=O) groups is 4. The first-order chi connectivity index (χ1) is 12.9. The number of benzene rings is 1. The van der Waals surface area contributed by atoms with Crippen LogP contribution in [0.3, 0.4) is 0 Å². The molecule has 1 aromatic rings. The number of carbonyl (C=O) groups excluding carboxylic acids is 2. The molecular formula is C17H23N3O7. The van der Waals surface area contributed by atoms with Gasteiger partial charge >= 0.3 is 24.1 Å². The molecule has 0 heterocycles. The first-order valence-corrected chi connectivity index (χ1v) is 8.32. The molecule has 0 saturated heterocycles. The number of unbranched alkanes of at least 4 members (excludes halogenated alkanes) is 1. The van der Waals surface area contributed by atoms with E-state index in [9.17, 15) is 19.2 Å². The monoisotopic (exact) mass is 381 g/mol. The SMILES string of the molecule is O=C(O)CNC(=O)NC(CCCCNC(=O)OCc1ccccc1)C(=O)O. The van der Waals surface area contributed by atoms with Crippen molar-refractivity contribution in [3.8, 4) is 0 Å². The largest absolute Gasteiger partial charge is 0.480 e. The minimum atomic E-state index is -1.23. The Morgan fingerprint density at radius 3 is 2.33 bits per heavy atom. The summed E-state index contributed by atoms with van der Waals surface area (Å²) in [6.07, 6.45) is 0.480. The molecule has 0 aliphatic rings. The van der Waals surface area contributed by atoms with Crippen LogP contribution in [0.25, 0.3) is 0 Å². The molecule has 0 aliphatic heterocycles. The molecule has 1 aromatic carbocycles. The zero-order valence-electron chi connectivity index (χ0n) is 14.6. The van der Waals surface area contributed by atoms with Gasteiger partial charge in [-0.2, -0.15) is 0 Å². The van der Waals surface area contributed by atoms with Crippen LogP contribution >= 0.6 is 0 Å². The van der Waals surface area contributed by atoms with E-state index in [1.807, 2.05) is 35.6 Å². The zero-order chi connectivity index (χ0) is 20.1. The van der Waals surface area contributed by atoms with Crippen molar-refractivity contribution in [3.05, 3.63) is 35.9 Å². The third kappa shape index (κ3) is 10.3. The molecule has 27 heavy (non-hydrogen) atoms. The Kier molecular flexibility index (Phi) is 9.76. The Morgan fingerprint density at radius 1 is 1.00 bits per heavy atom. The molecule has 0 bridgehead atoms. The Morgan fingerprint density at radius 2 is 1.70 bits per heavy atom. The van der Waals surface area contributed by atoms with E-state index in [4.69, 9.17) is 14.9 Å². The van der Waals surface area contributed by atoms with E-state index in [0.29, 0.717) is 19.4 Å². The first-order valence-electron chi connectivity index (χ1n) is 8.32. The van der Waals surface area contributed by atoms with Gasteiger partial charge in [0.05, 0.1) is 0 Å². The van der Waals surface area contributed by atoms with Crippen LogP contribution in [0.4, 0.5) is 9.59 Å². The van der Waals surface area contributed by atoms with Gasteiger partial charge in [-0.1, -0.05) is 30.3 Å². The molecule has 5 N–H and O–H groups in total. The lowest BCUT2D eigenvalue weighted by Crippen LogP contribution is -2.47. The molecule has 10 nitrogen and oxygen atoms in total. The second kappa shape index (κ2) is 12.1. The topological polar surface area (TPSA) is 154 Å². The normalized spacial score (nSPS) is 11.1. The van der Waals surface area contributed by atoms with E-state index in [0.717, 1.165) is 5.56 Å². The molecule has 0 spiro atoms. The van der Waals surface area contributed by atoms with Gasteiger partial charge in [0, 0.05) is 6.54 Å². The number of hydrogen-bond acceptors (Lipinski definition) is 5. The minimum absolute atomic E-state index is 0.135. The fourth-order valence-corrected chi connectivity index (χ4v) is 2.06. The van der Waals surface area contributed by atoms with Crippen molar-refractivity contribution < 1.29 is 34.1 Å². The third-order valence-corrected chi connectivity index (χ3v) is 3.41. The average molecular weight is 381 g/mol. The predicted molar refractivity (Wildman–Crippen MR) is 94.1 cm³/mol. The molecule has 1 atom stereocenters. The van der Waals surface area contributed by atoms with Crippen molar-refractivity contribution in [2.45, 2.75) is 31.9 Å². The maximum absolute atomic E-state index is 11.6. The van der Waals surface area contributed by atoms with Gasteiger partial charge in [-0.15, -0.1) is 0 Å². The summed E-state index contributed by atoms with van der Waals surface area (Å²) in [6.45, 7) is -0.151. The molecule has 10 heteroatoms. The molecule has 1 unspecified atom stereocenters. The van der Waals surface area contributed by atoms with Crippen LogP contribution in [0.5, 0.6) is 0 Å². The van der Waals surface area contributed by atoms with Crippen LogP contribution in [0.1, 0.15) is 24.8 Å². The maximum atomic E-state index is 11.6. The standard InChI is InChI=1S/C17H23N3O7/c21-14(22)10-19-16(25)20-13(15(23)24)8-4-5-9-18-17(26)27-11-12-6-2-1-3-7-12/h1-3,6-7,13H,4-5,8-11H2,(H,18,26)(H,21,22)(H,23,24)(H2,19,20,25). The van der Waals surface area contributed by atoms with Crippen molar-refractivity contribution in [2.75, 3.05) is 13.1 Å². The summed E-state index contributed by atoms with van der Waals surface area (Å²) in [6, 6.07) is 7.18. The van der Waals surface area contributed by atoms with Crippen LogP contribution in [0.15, 0.2) is 30.3 Å². The molecule has 148 valence electrons. The van der Waals surface area contributed by atoms with Crippen molar-refractivity contribution in [1.82, 2.24) is 16.0 Å². The molecule has 3 amide bonds. The summed E-state index contributed by atoms with van der Waals surface area (Å²) >= 11 is 0. The van der Waals surface area contributed by atoms with Crippen molar-refractivity contribution >= 4 is 24.1 Å². The molecule has 0 saturated carbocycles. The van der Waals surface area contributed by atoms with Gasteiger partial charge in [0.15, 0.2) is 0 Å². The number of aliphatic carboxylic acids is 2. The number of carboxylic acid groups (broad SMARTS) is 2. The quantitative estimate of drug-likeness (QED) is 0.357. The second-order valence-electron chi connectivity index (χ2n) is 5.60. The van der Waals surface area contributed by atoms with Crippen LogP contribution < -0.4 is 16.0 Å². The lowest BCUT2D eigenvalue weighted by Gasteiger charge is -2.14. The highest BCUT2D eigenvalue weighted by molar-refractivity contribution is 5.84. The smallest absolute Gasteiger partial charge is 0.407 e. The molecule has 0 fully saturated rings. The number of hydrogen-bond donors (Lipinski definition) is 5. The van der Waals surface area contributed by atoms with Crippen LogP contribution in [-0.4, -0.2) is 53.4 Å². The number of ether oxygens (including phenoxy) is 1. The van der Waals surface area contributed by atoms with E-state index in [1.54, 1.807) is 0 Å². The highest BCUT2D eigenvalue weighted by Crippen LogP contribution is 2.02. The van der Waals surface area contributed by atoms with E-state index in [-0.39, 0.29) is 13.0 Å². The Labute approximate surface area is 155 Å². The predicted octanol–water partition coefficient (Wildman–Crippen LogP) is 0.920. The molecule has 0 radical (unpaired) electrons. The zero-order valence-corrected chi connectivity index (χ0v) is 14.6. The number of rotatable bonds is 11. The van der Waals surface area contributed by atoms with E-state index < -0.39 is 36.6 Å². The number of amides is 3. The molecule has 1 rings (SSSR count). The Bertz CT molecular complexity index is 637. The number of alkyl carbamates (subject to hydrolysis) is 1. The van der Waals surface area contributed by atoms with Crippen molar-refractivity contribution in [2.24, 2.45) is 0 Å². The van der Waals surface area contributed by atoms with Gasteiger partial charge < -0.3 is 30.9 Å². The highest BCUT2D eigenvalue weighted by atomic mass is 16.5. The van der Waals surface area contributed by atoms with E-state index >= 15 is 0 Å². The first kappa shape index (κ1) is 21.7. The van der Waals surface area contributed by atoms with E-state index in [2.05, 4.69) is 10.6 Å². The van der Waals surface area contributed by atoms with Gasteiger partial charge in [-0.05, 0) is 24.8 Å². The molecule has 0 aromatic heterocycles. The van der Waals surface area contributed by atoms with Gasteiger partial charge in [-0.25, -0.2) is 14.4 Å². The lowest BCUT2D eigenvalue weighted by atomic mass is 10.1. The number of nitrogens with one attached hydrogen (secondary N) is 3. The van der Waals surface area contributed by atoms with E-state index in [1.165, 1.54) is 0 Å². The third-order valence-electron chi connectivity index (χ3n) is 3.41. The van der Waals surface area contributed by atoms with Gasteiger partial charge in [0.2, 0.25) is 0 Å². The summed E-state index contributed by atoms with van der Waals surface area (Å²) in [7, 11) is 0. The number of urea groups is 1. The van der Waals surface area contributed by atoms with Gasteiger partial charge in [-0.3, -0.25) is 4.79 Å². The fourth-order valence-electron chi connectivity index (χ4n) is 2.06. The van der Waals surface area contributed by atoms with Gasteiger partial charge in [0.25, 0.3) is 0 Å². The van der Waals surface area contributed by atoms with Crippen molar-refractivity contribution in [1.29, 1.82) is 0 Å². The Hall–Kier alpha value is -3.30. The molecular weight excluding hydrogens is 358 g/mol.